The van der Waals surface area contributed by atoms with Gasteiger partial charge < -0.3 is 35.4 Å². The van der Waals surface area contributed by atoms with E-state index < -0.39 is 53.3 Å². The van der Waals surface area contributed by atoms with E-state index in [0.29, 0.717) is 6.42 Å². The summed E-state index contributed by atoms with van der Waals surface area (Å²) in [6.07, 6.45) is 2.28. The zero-order chi connectivity index (χ0) is 35.8. The number of carbonyl (C=O) groups excluding carboxylic acids is 3. The Labute approximate surface area is 293 Å². The predicted octanol–water partition coefficient (Wildman–Crippen LogP) is 5.23. The molecule has 1 saturated heterocycles. The minimum absolute atomic E-state index is 0.0715. The van der Waals surface area contributed by atoms with E-state index in [0.717, 1.165) is 53.6 Å². The van der Waals surface area contributed by atoms with Crippen molar-refractivity contribution in [3.05, 3.63) is 66.2 Å². The maximum absolute atomic E-state index is 14.6. The highest BCUT2D eigenvalue weighted by molar-refractivity contribution is 5.98. The number of anilines is 1. The zero-order valence-electron chi connectivity index (χ0n) is 29.1. The van der Waals surface area contributed by atoms with Crippen molar-refractivity contribution < 1.29 is 34.1 Å². The molecule has 2 aromatic rings. The molecule has 6 rings (SSSR count). The number of aliphatic carboxylic acids is 1. The Bertz CT molecular complexity index is 1640. The van der Waals surface area contributed by atoms with Crippen LogP contribution in [0.15, 0.2) is 60.7 Å². The Morgan fingerprint density at radius 2 is 1.80 bits per heavy atom. The predicted molar refractivity (Wildman–Crippen MR) is 188 cm³/mol. The Morgan fingerprint density at radius 3 is 2.44 bits per heavy atom. The first-order valence-corrected chi connectivity index (χ1v) is 17.6. The lowest BCUT2D eigenvalue weighted by Gasteiger charge is -2.38. The molecular formula is C38H49N5O7. The van der Waals surface area contributed by atoms with Gasteiger partial charge in [0.1, 0.15) is 23.9 Å². The summed E-state index contributed by atoms with van der Waals surface area (Å²) >= 11 is 0. The van der Waals surface area contributed by atoms with Gasteiger partial charge in [-0.1, -0.05) is 81.5 Å². The highest BCUT2D eigenvalue weighted by Gasteiger charge is 2.51. The Hall–Kier alpha value is -4.42. The van der Waals surface area contributed by atoms with Gasteiger partial charge in [-0.3, -0.25) is 14.9 Å². The lowest BCUT2D eigenvalue weighted by Crippen LogP contribution is -2.62. The largest absolute Gasteiger partial charge is 0.480 e. The molecule has 4 aliphatic rings. The van der Waals surface area contributed by atoms with Crippen molar-refractivity contribution in [2.24, 2.45) is 5.41 Å². The standard InChI is InChI=1S/C38H49N5O7/c1-23-17-18-38(20-23,34(46)47)41-32(44)29-19-26(22-43(29)33(45)31(37(2,3)4)40-36(49)50-27-14-8-9-15-27)42-21-25-13-10-16-28(30(25)39-35(42)48)24-11-6-5-7-12-24/h5-7,10-13,16,26-27,29,31-32,41,44H,1,8-9,14-15,17-22H2,2-4H3,(H,39,48)(H,40,49)(H,46,47)/t26-,29?,31-,32?,38-/m1/s1. The van der Waals surface area contributed by atoms with Crippen molar-refractivity contribution in [3.63, 3.8) is 0 Å². The van der Waals surface area contributed by atoms with Gasteiger partial charge in [-0.2, -0.15) is 0 Å². The van der Waals surface area contributed by atoms with Crippen molar-refractivity contribution in [1.82, 2.24) is 20.4 Å². The molecule has 2 heterocycles. The third-order valence-electron chi connectivity index (χ3n) is 10.7. The summed E-state index contributed by atoms with van der Waals surface area (Å²) in [5.74, 6) is -1.55. The summed E-state index contributed by atoms with van der Waals surface area (Å²) in [6, 6.07) is 12.9. The molecule has 2 saturated carbocycles. The number of nitrogens with zero attached hydrogens (tertiary/aromatic N) is 2. The molecule has 5 atom stereocenters. The van der Waals surface area contributed by atoms with Crippen LogP contribution in [0.5, 0.6) is 0 Å². The number of aliphatic hydroxyl groups is 1. The molecule has 50 heavy (non-hydrogen) atoms. The van der Waals surface area contributed by atoms with Gasteiger partial charge in [0.05, 0.1) is 17.8 Å². The second-order valence-corrected chi connectivity index (χ2v) is 15.4. The fourth-order valence-corrected chi connectivity index (χ4v) is 7.95. The van der Waals surface area contributed by atoms with E-state index in [1.165, 1.54) is 4.90 Å². The van der Waals surface area contributed by atoms with Crippen LogP contribution in [0.1, 0.15) is 77.7 Å². The monoisotopic (exact) mass is 687 g/mol. The number of carbonyl (C=O) groups is 4. The van der Waals surface area contributed by atoms with Crippen LogP contribution in [0.2, 0.25) is 0 Å². The number of amides is 4. The summed E-state index contributed by atoms with van der Waals surface area (Å²) in [4.78, 5) is 57.1. The lowest BCUT2D eigenvalue weighted by molar-refractivity contribution is -0.148. The first-order valence-electron chi connectivity index (χ1n) is 17.6. The third kappa shape index (κ3) is 7.22. The van der Waals surface area contributed by atoms with Crippen LogP contribution < -0.4 is 16.0 Å². The van der Waals surface area contributed by atoms with Crippen molar-refractivity contribution in [3.8, 4) is 11.1 Å². The van der Waals surface area contributed by atoms with Gasteiger partial charge in [0.15, 0.2) is 0 Å². The molecule has 0 bridgehead atoms. The van der Waals surface area contributed by atoms with Crippen LogP contribution in [-0.4, -0.2) is 86.6 Å². The zero-order valence-corrected chi connectivity index (χ0v) is 29.1. The van der Waals surface area contributed by atoms with Crippen LogP contribution in [0.3, 0.4) is 0 Å². The molecule has 2 unspecified atom stereocenters. The molecule has 268 valence electrons. The van der Waals surface area contributed by atoms with Crippen LogP contribution in [-0.2, 0) is 20.9 Å². The van der Waals surface area contributed by atoms with Crippen molar-refractivity contribution >= 4 is 29.7 Å². The normalized spacial score (nSPS) is 25.2. The first kappa shape index (κ1) is 35.4. The van der Waals surface area contributed by atoms with Gasteiger partial charge in [-0.25, -0.2) is 9.59 Å². The number of alkyl carbamates (subject to hydrolysis) is 1. The minimum Gasteiger partial charge on any atom is -0.480 e. The minimum atomic E-state index is -1.44. The van der Waals surface area contributed by atoms with Crippen molar-refractivity contribution in [2.75, 3.05) is 11.9 Å². The summed E-state index contributed by atoms with van der Waals surface area (Å²) in [5.41, 5.74) is 2.09. The van der Waals surface area contributed by atoms with E-state index in [4.69, 9.17) is 4.74 Å². The molecule has 2 aliphatic heterocycles. The molecular weight excluding hydrogens is 638 g/mol. The lowest BCUT2D eigenvalue weighted by atomic mass is 9.85. The molecule has 12 nitrogen and oxygen atoms in total. The maximum atomic E-state index is 14.6. The van der Waals surface area contributed by atoms with E-state index in [1.54, 1.807) is 4.90 Å². The van der Waals surface area contributed by atoms with Gasteiger partial charge in [0.25, 0.3) is 0 Å². The smallest absolute Gasteiger partial charge is 0.408 e. The van der Waals surface area contributed by atoms with Crippen LogP contribution in [0.4, 0.5) is 15.3 Å². The number of rotatable bonds is 9. The molecule has 5 N–H and O–H groups in total. The van der Waals surface area contributed by atoms with E-state index >= 15 is 0 Å². The number of hydrogen-bond acceptors (Lipinski definition) is 7. The highest BCUT2D eigenvalue weighted by Crippen LogP contribution is 2.39. The molecule has 0 radical (unpaired) electrons. The van der Waals surface area contributed by atoms with Gasteiger partial charge >= 0.3 is 18.1 Å². The number of ether oxygens (including phenoxy) is 1. The van der Waals surface area contributed by atoms with Gasteiger partial charge in [0.2, 0.25) is 5.91 Å². The number of benzene rings is 2. The molecule has 12 heteroatoms. The van der Waals surface area contributed by atoms with E-state index in [9.17, 15) is 29.4 Å². The molecule has 4 amide bonds. The summed E-state index contributed by atoms with van der Waals surface area (Å²) in [6.45, 7) is 9.83. The maximum Gasteiger partial charge on any atom is 0.408 e. The average Bonchev–Trinajstić information content (AvgIpc) is 3.84. The number of nitrogens with one attached hydrogen (secondary N) is 3. The number of urea groups is 1. The van der Waals surface area contributed by atoms with E-state index in [-0.39, 0.29) is 44.5 Å². The van der Waals surface area contributed by atoms with Crippen molar-refractivity contribution in [1.29, 1.82) is 0 Å². The first-order chi connectivity index (χ1) is 23.8. The number of hydrogen-bond donors (Lipinski definition) is 5. The number of aliphatic hydroxyl groups excluding tert-OH is 1. The SMILES string of the molecule is C=C1CC[C@](NC(O)C2C[C@@H](N3Cc4cccc(-c5ccccc5)c4NC3=O)CN2C(=O)[C@@H](NC(=O)OC2CCCC2)C(C)(C)C)(C(=O)O)C1. The number of para-hydroxylation sites is 1. The van der Waals surface area contributed by atoms with Crippen molar-refractivity contribution in [2.45, 2.75) is 115 Å². The third-order valence-corrected chi connectivity index (χ3v) is 10.7. The fourth-order valence-electron chi connectivity index (χ4n) is 7.95. The highest BCUT2D eigenvalue weighted by atomic mass is 16.6. The number of likely N-dealkylation sites (tertiary alicyclic amines) is 1. The Kier molecular flexibility index (Phi) is 9.96. The molecule has 2 aromatic carbocycles. The number of fused-ring (bicyclic) bond motifs is 1. The van der Waals surface area contributed by atoms with E-state index in [2.05, 4.69) is 22.5 Å². The van der Waals surface area contributed by atoms with Gasteiger partial charge in [-0.15, -0.1) is 0 Å². The fraction of sp³-hybridized carbons (Fsp3) is 0.526. The molecule has 2 aliphatic carbocycles. The Morgan fingerprint density at radius 1 is 1.08 bits per heavy atom. The molecule has 0 spiro atoms. The number of carboxylic acids is 1. The van der Waals surface area contributed by atoms with Gasteiger partial charge in [0, 0.05) is 18.7 Å². The summed E-state index contributed by atoms with van der Waals surface area (Å²) in [5, 5.41) is 30.8. The second kappa shape index (κ2) is 14.1. The summed E-state index contributed by atoms with van der Waals surface area (Å²) in [7, 11) is 0. The quantitative estimate of drug-likeness (QED) is 0.177. The van der Waals surface area contributed by atoms with Crippen LogP contribution in [0.25, 0.3) is 11.1 Å². The topological polar surface area (TPSA) is 161 Å². The van der Waals surface area contributed by atoms with E-state index in [1.807, 2.05) is 69.3 Å². The van der Waals surface area contributed by atoms with Crippen LogP contribution >= 0.6 is 0 Å². The second-order valence-electron chi connectivity index (χ2n) is 15.4. The summed E-state index contributed by atoms with van der Waals surface area (Å²) < 4.78 is 5.65. The molecule has 0 aromatic heterocycles. The van der Waals surface area contributed by atoms with Gasteiger partial charge in [-0.05, 0) is 67.9 Å². The van der Waals surface area contributed by atoms with Crippen LogP contribution in [0, 0.1) is 5.41 Å². The molecule has 3 fully saturated rings. The number of carboxylic acid groups (broad SMARTS) is 1. The average molecular weight is 688 g/mol. The Balaban J connectivity index is 1.28.